The molecular weight excluding hydrogens is 242 g/mol. The number of carbonyl (C=O) groups is 1. The lowest BCUT2D eigenvalue weighted by atomic mass is 10.0. The highest BCUT2D eigenvalue weighted by Gasteiger charge is 2.12. The van der Waals surface area contributed by atoms with E-state index in [0.717, 1.165) is 0 Å². The molecule has 0 atom stereocenters. The Morgan fingerprint density at radius 2 is 2.29 bits per heavy atom. The monoisotopic (exact) mass is 253 g/mol. The molecule has 0 fully saturated rings. The van der Waals surface area contributed by atoms with Crippen LogP contribution in [0.3, 0.4) is 0 Å². The first-order valence-electron chi connectivity index (χ1n) is 5.10. The molecule has 0 aliphatic rings. The molecule has 0 aliphatic heterocycles. The zero-order chi connectivity index (χ0) is 12.8. The fourth-order valence-electron chi connectivity index (χ4n) is 1.42. The molecule has 90 valence electrons. The maximum atomic E-state index is 11.3. The lowest BCUT2D eigenvalue weighted by Gasteiger charge is -2.08. The summed E-state index contributed by atoms with van der Waals surface area (Å²) >= 11 is 5.97. The quantitative estimate of drug-likeness (QED) is 0.831. The number of aliphatic hydroxyl groups excluding tert-OH is 1. The maximum absolute atomic E-state index is 11.3. The number of nitrogens with zero attached hydrogens (tertiary/aromatic N) is 1. The van der Waals surface area contributed by atoms with Gasteiger partial charge in [-0.15, -0.1) is 0 Å². The molecule has 1 aromatic rings. The van der Waals surface area contributed by atoms with E-state index >= 15 is 0 Å². The Kier molecular flexibility index (Phi) is 4.95. The van der Waals surface area contributed by atoms with Crippen molar-refractivity contribution >= 4 is 17.6 Å². The minimum absolute atomic E-state index is 0.00477. The first kappa shape index (κ1) is 13.5. The standard InChI is InChI=1S/C12H12ClNO3/c1-2-17-11(16)5-9-3-8(7-15)4-10(6-14)12(9)13/h3-4,15H,2,5,7H2,1H3. The number of hydrogen-bond donors (Lipinski definition) is 1. The highest BCUT2D eigenvalue weighted by atomic mass is 35.5. The van der Waals surface area contributed by atoms with E-state index in [1.165, 1.54) is 6.07 Å². The van der Waals surface area contributed by atoms with Crippen molar-refractivity contribution in [3.8, 4) is 6.07 Å². The second-order valence-corrected chi connectivity index (χ2v) is 3.75. The summed E-state index contributed by atoms with van der Waals surface area (Å²) in [5.41, 5.74) is 1.29. The van der Waals surface area contributed by atoms with Gasteiger partial charge >= 0.3 is 5.97 Å². The zero-order valence-electron chi connectivity index (χ0n) is 9.36. The van der Waals surface area contributed by atoms with Crippen molar-refractivity contribution in [3.05, 3.63) is 33.8 Å². The Morgan fingerprint density at radius 1 is 1.59 bits per heavy atom. The summed E-state index contributed by atoms with van der Waals surface area (Å²) in [6.07, 6.45) is -0.00477. The van der Waals surface area contributed by atoms with Crippen LogP contribution in [0.4, 0.5) is 0 Å². The predicted molar refractivity (Wildman–Crippen MR) is 62.4 cm³/mol. The summed E-state index contributed by atoms with van der Waals surface area (Å²) < 4.78 is 4.80. The van der Waals surface area contributed by atoms with Crippen LogP contribution < -0.4 is 0 Å². The van der Waals surface area contributed by atoms with E-state index in [1.807, 2.05) is 6.07 Å². The van der Waals surface area contributed by atoms with Crippen molar-refractivity contribution in [2.75, 3.05) is 6.61 Å². The van der Waals surface area contributed by atoms with E-state index in [-0.39, 0.29) is 23.6 Å². The first-order chi connectivity index (χ1) is 8.12. The van der Waals surface area contributed by atoms with Crippen LogP contribution in [0, 0.1) is 11.3 Å². The van der Waals surface area contributed by atoms with Crippen LogP contribution >= 0.6 is 11.6 Å². The van der Waals surface area contributed by atoms with Crippen LogP contribution in [-0.2, 0) is 22.6 Å². The van der Waals surface area contributed by atoms with Gasteiger partial charge in [0.25, 0.3) is 0 Å². The SMILES string of the molecule is CCOC(=O)Cc1cc(CO)cc(C#N)c1Cl. The Hall–Kier alpha value is -1.57. The van der Waals surface area contributed by atoms with Crippen molar-refractivity contribution in [1.29, 1.82) is 5.26 Å². The summed E-state index contributed by atoms with van der Waals surface area (Å²) in [6, 6.07) is 5.01. The molecule has 1 aromatic carbocycles. The van der Waals surface area contributed by atoms with E-state index < -0.39 is 5.97 Å². The Morgan fingerprint density at radius 3 is 2.82 bits per heavy atom. The van der Waals surface area contributed by atoms with Crippen LogP contribution in [-0.4, -0.2) is 17.7 Å². The highest BCUT2D eigenvalue weighted by Crippen LogP contribution is 2.23. The van der Waals surface area contributed by atoms with Crippen molar-refractivity contribution in [1.82, 2.24) is 0 Å². The summed E-state index contributed by atoms with van der Waals surface area (Å²) in [5, 5.41) is 18.1. The number of carbonyl (C=O) groups excluding carboxylic acids is 1. The Labute approximate surface area is 104 Å². The minimum Gasteiger partial charge on any atom is -0.466 e. The van der Waals surface area contributed by atoms with Crippen LogP contribution in [0.1, 0.15) is 23.6 Å². The number of halogens is 1. The largest absolute Gasteiger partial charge is 0.466 e. The molecule has 0 saturated carbocycles. The van der Waals surface area contributed by atoms with E-state index in [2.05, 4.69) is 0 Å². The van der Waals surface area contributed by atoms with Gasteiger partial charge < -0.3 is 9.84 Å². The molecule has 0 aromatic heterocycles. The fraction of sp³-hybridized carbons (Fsp3) is 0.333. The average Bonchev–Trinajstić information content (AvgIpc) is 2.32. The number of rotatable bonds is 4. The predicted octanol–water partition coefficient (Wildman–Crippen LogP) is 1.81. The van der Waals surface area contributed by atoms with Crippen molar-refractivity contribution in [2.45, 2.75) is 20.0 Å². The molecule has 17 heavy (non-hydrogen) atoms. The molecule has 5 heteroatoms. The number of aliphatic hydroxyl groups is 1. The first-order valence-corrected chi connectivity index (χ1v) is 5.48. The van der Waals surface area contributed by atoms with Gasteiger partial charge in [-0.3, -0.25) is 4.79 Å². The second kappa shape index (κ2) is 6.24. The van der Waals surface area contributed by atoms with Gasteiger partial charge in [-0.1, -0.05) is 17.7 Å². The van der Waals surface area contributed by atoms with Gasteiger partial charge in [-0.05, 0) is 24.1 Å². The van der Waals surface area contributed by atoms with Crippen LogP contribution in [0.5, 0.6) is 0 Å². The molecule has 0 unspecified atom stereocenters. The third-order valence-electron chi connectivity index (χ3n) is 2.15. The smallest absolute Gasteiger partial charge is 0.310 e. The van der Waals surface area contributed by atoms with Crippen molar-refractivity contribution in [2.24, 2.45) is 0 Å². The zero-order valence-corrected chi connectivity index (χ0v) is 10.1. The second-order valence-electron chi connectivity index (χ2n) is 3.37. The third-order valence-corrected chi connectivity index (χ3v) is 2.60. The average molecular weight is 254 g/mol. The number of benzene rings is 1. The summed E-state index contributed by atoms with van der Waals surface area (Å²) in [5.74, 6) is -0.409. The molecule has 1 N–H and O–H groups in total. The van der Waals surface area contributed by atoms with Crippen molar-refractivity contribution < 1.29 is 14.6 Å². The fourth-order valence-corrected chi connectivity index (χ4v) is 1.64. The van der Waals surface area contributed by atoms with Gasteiger partial charge in [0.2, 0.25) is 0 Å². The van der Waals surface area contributed by atoms with Crippen LogP contribution in [0.15, 0.2) is 12.1 Å². The van der Waals surface area contributed by atoms with Gasteiger partial charge in [0.1, 0.15) is 6.07 Å². The van der Waals surface area contributed by atoms with E-state index in [9.17, 15) is 4.79 Å². The highest BCUT2D eigenvalue weighted by molar-refractivity contribution is 6.32. The number of esters is 1. The van der Waals surface area contributed by atoms with E-state index in [4.69, 9.17) is 26.7 Å². The van der Waals surface area contributed by atoms with Gasteiger partial charge in [-0.2, -0.15) is 5.26 Å². The molecule has 0 aliphatic carbocycles. The summed E-state index contributed by atoms with van der Waals surface area (Å²) in [7, 11) is 0. The molecule has 0 heterocycles. The molecule has 4 nitrogen and oxygen atoms in total. The van der Waals surface area contributed by atoms with E-state index in [0.29, 0.717) is 17.7 Å². The number of hydrogen-bond acceptors (Lipinski definition) is 4. The Balaban J connectivity index is 3.06. The van der Waals surface area contributed by atoms with Gasteiger partial charge in [0.05, 0.1) is 30.2 Å². The van der Waals surface area contributed by atoms with Crippen molar-refractivity contribution in [3.63, 3.8) is 0 Å². The van der Waals surface area contributed by atoms with Gasteiger partial charge in [0, 0.05) is 0 Å². The lowest BCUT2D eigenvalue weighted by Crippen LogP contribution is -2.08. The number of nitriles is 1. The van der Waals surface area contributed by atoms with E-state index in [1.54, 1.807) is 13.0 Å². The van der Waals surface area contributed by atoms with Crippen LogP contribution in [0.2, 0.25) is 5.02 Å². The molecule has 1 rings (SSSR count). The third kappa shape index (κ3) is 3.45. The molecule has 0 bridgehead atoms. The molecule has 0 saturated heterocycles. The van der Waals surface area contributed by atoms with Gasteiger partial charge in [0.15, 0.2) is 0 Å². The Bertz CT molecular complexity index is 466. The summed E-state index contributed by atoms with van der Waals surface area (Å²) in [6.45, 7) is 1.80. The minimum atomic E-state index is -0.409. The molecule has 0 amide bonds. The normalized spacial score (nSPS) is 9.76. The molecule has 0 radical (unpaired) electrons. The summed E-state index contributed by atoms with van der Waals surface area (Å²) in [4.78, 5) is 11.3. The molecular formula is C12H12ClNO3. The lowest BCUT2D eigenvalue weighted by molar-refractivity contribution is -0.142. The number of ether oxygens (including phenoxy) is 1. The molecule has 0 spiro atoms. The maximum Gasteiger partial charge on any atom is 0.310 e. The van der Waals surface area contributed by atoms with Crippen LogP contribution in [0.25, 0.3) is 0 Å². The topological polar surface area (TPSA) is 70.3 Å². The van der Waals surface area contributed by atoms with Gasteiger partial charge in [-0.25, -0.2) is 0 Å².